The summed E-state index contributed by atoms with van der Waals surface area (Å²) >= 11 is 2.02. The summed E-state index contributed by atoms with van der Waals surface area (Å²) in [6.07, 6.45) is 0. The van der Waals surface area contributed by atoms with Gasteiger partial charge < -0.3 is 10.1 Å². The highest BCUT2D eigenvalue weighted by molar-refractivity contribution is 14.1. The zero-order chi connectivity index (χ0) is 9.68. The number of methoxy groups -OCH3 is 1. The molecule has 70 valence electrons. The molecule has 0 aliphatic rings. The van der Waals surface area contributed by atoms with E-state index in [0.29, 0.717) is 4.43 Å². The van der Waals surface area contributed by atoms with Gasteiger partial charge in [0, 0.05) is 5.69 Å². The van der Waals surface area contributed by atoms with Gasteiger partial charge in [0.05, 0.1) is 11.5 Å². The molecule has 1 rings (SSSR count). The third-order valence-corrected chi connectivity index (χ3v) is 2.19. The summed E-state index contributed by atoms with van der Waals surface area (Å²) < 4.78 is 5.45. The number of ether oxygens (including phenoxy) is 1. The van der Waals surface area contributed by atoms with E-state index in [2.05, 4.69) is 5.32 Å². The lowest BCUT2D eigenvalue weighted by atomic mass is 10.3. The van der Waals surface area contributed by atoms with Gasteiger partial charge in [0.15, 0.2) is 0 Å². The standard InChI is InChI=1S/C9H10INO2/c1-13-8-4-2-7(3-5-8)11-9(12)6-10/h2-5H,6H2,1H3,(H,11,12). The van der Waals surface area contributed by atoms with Crippen molar-refractivity contribution in [1.29, 1.82) is 0 Å². The first-order chi connectivity index (χ1) is 6.26. The van der Waals surface area contributed by atoms with E-state index in [1.54, 1.807) is 7.11 Å². The van der Waals surface area contributed by atoms with Crippen LogP contribution in [-0.4, -0.2) is 17.4 Å². The number of hydrogen-bond acceptors (Lipinski definition) is 2. The van der Waals surface area contributed by atoms with Crippen LogP contribution in [0.3, 0.4) is 0 Å². The second-order valence-corrected chi connectivity index (χ2v) is 3.17. The first-order valence-corrected chi connectivity index (χ1v) is 5.28. The van der Waals surface area contributed by atoms with Gasteiger partial charge in [-0.2, -0.15) is 0 Å². The Balaban J connectivity index is 2.64. The molecule has 1 aromatic carbocycles. The maximum Gasteiger partial charge on any atom is 0.234 e. The maximum absolute atomic E-state index is 11.0. The minimum Gasteiger partial charge on any atom is -0.497 e. The molecule has 0 atom stereocenters. The lowest BCUT2D eigenvalue weighted by Gasteiger charge is -2.03. The van der Waals surface area contributed by atoms with Crippen LogP contribution in [0.5, 0.6) is 5.75 Å². The van der Waals surface area contributed by atoms with Crippen LogP contribution in [0.15, 0.2) is 24.3 Å². The number of rotatable bonds is 3. The monoisotopic (exact) mass is 291 g/mol. The number of alkyl halides is 1. The molecule has 0 aliphatic carbocycles. The fourth-order valence-electron chi connectivity index (χ4n) is 0.869. The second-order valence-electron chi connectivity index (χ2n) is 2.41. The van der Waals surface area contributed by atoms with Crippen LogP contribution < -0.4 is 10.1 Å². The summed E-state index contributed by atoms with van der Waals surface area (Å²) in [5, 5.41) is 2.74. The first-order valence-electron chi connectivity index (χ1n) is 3.76. The van der Waals surface area contributed by atoms with Crippen molar-refractivity contribution in [2.45, 2.75) is 0 Å². The van der Waals surface area contributed by atoms with E-state index in [9.17, 15) is 4.79 Å². The molecule has 0 aromatic heterocycles. The van der Waals surface area contributed by atoms with Gasteiger partial charge in [-0.05, 0) is 24.3 Å². The molecule has 0 unspecified atom stereocenters. The Kier molecular flexibility index (Phi) is 4.01. The third-order valence-electron chi connectivity index (χ3n) is 1.50. The number of nitrogens with one attached hydrogen (secondary N) is 1. The van der Waals surface area contributed by atoms with Crippen molar-refractivity contribution in [2.24, 2.45) is 0 Å². The van der Waals surface area contributed by atoms with Gasteiger partial charge in [0.2, 0.25) is 5.91 Å². The minimum absolute atomic E-state index is 0.00534. The molecule has 4 heteroatoms. The first kappa shape index (κ1) is 10.3. The second kappa shape index (κ2) is 5.06. The summed E-state index contributed by atoms with van der Waals surface area (Å²) in [4.78, 5) is 11.0. The van der Waals surface area contributed by atoms with E-state index in [4.69, 9.17) is 4.74 Å². The molecule has 13 heavy (non-hydrogen) atoms. The van der Waals surface area contributed by atoms with Crippen molar-refractivity contribution >= 4 is 34.2 Å². The quantitative estimate of drug-likeness (QED) is 0.684. The highest BCUT2D eigenvalue weighted by Crippen LogP contribution is 2.14. The predicted octanol–water partition coefficient (Wildman–Crippen LogP) is 2.07. The summed E-state index contributed by atoms with van der Waals surface area (Å²) in [5.74, 6) is 0.790. The number of amides is 1. The van der Waals surface area contributed by atoms with Crippen molar-refractivity contribution in [3.05, 3.63) is 24.3 Å². The number of benzene rings is 1. The van der Waals surface area contributed by atoms with Crippen LogP contribution in [-0.2, 0) is 4.79 Å². The SMILES string of the molecule is COc1ccc(NC(=O)CI)cc1. The Morgan fingerprint density at radius 2 is 2.08 bits per heavy atom. The smallest absolute Gasteiger partial charge is 0.234 e. The normalized spacial score (nSPS) is 9.38. The van der Waals surface area contributed by atoms with E-state index in [-0.39, 0.29) is 5.91 Å². The van der Waals surface area contributed by atoms with Crippen molar-refractivity contribution in [3.8, 4) is 5.75 Å². The molecular formula is C9H10INO2. The van der Waals surface area contributed by atoms with Gasteiger partial charge in [0.25, 0.3) is 0 Å². The summed E-state index contributed by atoms with van der Waals surface area (Å²) in [5.41, 5.74) is 0.794. The molecule has 0 spiro atoms. The fraction of sp³-hybridized carbons (Fsp3) is 0.222. The summed E-state index contributed by atoms with van der Waals surface area (Å²) in [6.45, 7) is 0. The molecule has 0 saturated carbocycles. The van der Waals surface area contributed by atoms with Gasteiger partial charge in [-0.25, -0.2) is 0 Å². The summed E-state index contributed by atoms with van der Waals surface area (Å²) in [7, 11) is 1.61. The van der Waals surface area contributed by atoms with Crippen LogP contribution in [0.1, 0.15) is 0 Å². The maximum atomic E-state index is 11.0. The number of carbonyl (C=O) groups excluding carboxylic acids is 1. The molecule has 0 heterocycles. The summed E-state index contributed by atoms with van der Waals surface area (Å²) in [6, 6.07) is 7.23. The van der Waals surface area contributed by atoms with Gasteiger partial charge in [-0.3, -0.25) is 4.79 Å². The predicted molar refractivity (Wildman–Crippen MR) is 60.5 cm³/mol. The van der Waals surface area contributed by atoms with Crippen LogP contribution >= 0.6 is 22.6 Å². The van der Waals surface area contributed by atoms with E-state index >= 15 is 0 Å². The highest BCUT2D eigenvalue weighted by Gasteiger charge is 1.98. The van der Waals surface area contributed by atoms with Gasteiger partial charge in [0.1, 0.15) is 5.75 Å². The molecule has 0 saturated heterocycles. The number of anilines is 1. The minimum atomic E-state index is 0.00534. The van der Waals surface area contributed by atoms with Crippen molar-refractivity contribution in [3.63, 3.8) is 0 Å². The van der Waals surface area contributed by atoms with Gasteiger partial charge in [-0.15, -0.1) is 0 Å². The van der Waals surface area contributed by atoms with Crippen LogP contribution in [0, 0.1) is 0 Å². The molecular weight excluding hydrogens is 281 g/mol. The third kappa shape index (κ3) is 3.22. The van der Waals surface area contributed by atoms with Crippen molar-refractivity contribution in [1.82, 2.24) is 0 Å². The molecule has 0 radical (unpaired) electrons. The van der Waals surface area contributed by atoms with Gasteiger partial charge in [-0.1, -0.05) is 22.6 Å². The number of hydrogen-bond donors (Lipinski definition) is 1. The Labute approximate surface area is 90.6 Å². The largest absolute Gasteiger partial charge is 0.497 e. The van der Waals surface area contributed by atoms with Crippen molar-refractivity contribution in [2.75, 3.05) is 16.9 Å². The Bertz CT molecular complexity index is 284. The average molecular weight is 291 g/mol. The zero-order valence-electron chi connectivity index (χ0n) is 7.21. The molecule has 0 fully saturated rings. The van der Waals surface area contributed by atoms with Crippen LogP contribution in [0.4, 0.5) is 5.69 Å². The Morgan fingerprint density at radius 3 is 2.54 bits per heavy atom. The number of carbonyl (C=O) groups is 1. The van der Waals surface area contributed by atoms with Crippen LogP contribution in [0.25, 0.3) is 0 Å². The zero-order valence-corrected chi connectivity index (χ0v) is 9.37. The molecule has 1 N–H and O–H groups in total. The lowest BCUT2D eigenvalue weighted by Crippen LogP contribution is -2.11. The van der Waals surface area contributed by atoms with Gasteiger partial charge >= 0.3 is 0 Å². The topological polar surface area (TPSA) is 38.3 Å². The number of halogens is 1. The van der Waals surface area contributed by atoms with E-state index in [0.717, 1.165) is 11.4 Å². The molecule has 1 aromatic rings. The van der Waals surface area contributed by atoms with E-state index < -0.39 is 0 Å². The highest BCUT2D eigenvalue weighted by atomic mass is 127. The van der Waals surface area contributed by atoms with E-state index in [1.807, 2.05) is 46.9 Å². The molecule has 0 aliphatic heterocycles. The van der Waals surface area contributed by atoms with Crippen molar-refractivity contribution < 1.29 is 9.53 Å². The molecule has 0 bridgehead atoms. The van der Waals surface area contributed by atoms with Crippen LogP contribution in [0.2, 0.25) is 0 Å². The average Bonchev–Trinajstić information content (AvgIpc) is 2.19. The molecule has 3 nitrogen and oxygen atoms in total. The fourth-order valence-corrected chi connectivity index (χ4v) is 1.06. The van der Waals surface area contributed by atoms with E-state index in [1.165, 1.54) is 0 Å². The Morgan fingerprint density at radius 1 is 1.46 bits per heavy atom. The Hall–Kier alpha value is -0.780. The lowest BCUT2D eigenvalue weighted by molar-refractivity contribution is -0.113. The molecule has 1 amide bonds.